The maximum atomic E-state index is 10.5. The molecule has 1 aromatic carbocycles. The molecule has 1 atom stereocenters. The molecule has 2 rings (SSSR count). The van der Waals surface area contributed by atoms with E-state index in [2.05, 4.69) is 4.98 Å². The lowest BCUT2D eigenvalue weighted by Crippen LogP contribution is -2.23. The molecule has 3 nitrogen and oxygen atoms in total. The Labute approximate surface area is 87.7 Å². The van der Waals surface area contributed by atoms with Crippen LogP contribution in [0.2, 0.25) is 0 Å². The molecule has 2 aromatic rings. The maximum Gasteiger partial charge on any atom is 0.0456 e. The number of benzene rings is 1. The van der Waals surface area contributed by atoms with Crippen molar-refractivity contribution < 1.29 is 9.90 Å². The Balaban J connectivity index is 2.39. The van der Waals surface area contributed by atoms with Crippen LogP contribution in [0.3, 0.4) is 0 Å². The fourth-order valence-corrected chi connectivity index (χ4v) is 1.86. The van der Waals surface area contributed by atoms with E-state index in [1.54, 1.807) is 0 Å². The summed E-state index contributed by atoms with van der Waals surface area (Å²) in [5, 5.41) is 11.6. The van der Waals surface area contributed by atoms with Gasteiger partial charge in [-0.3, -0.25) is 0 Å². The van der Waals surface area contributed by atoms with Crippen LogP contribution < -0.4 is 5.11 Å². The van der Waals surface area contributed by atoms with E-state index in [0.29, 0.717) is 0 Å². The molecule has 0 unspecified atom stereocenters. The van der Waals surface area contributed by atoms with E-state index in [4.69, 9.17) is 0 Å². The number of carbonyl (C=O) groups is 1. The molecule has 0 aliphatic rings. The van der Waals surface area contributed by atoms with Gasteiger partial charge in [0.05, 0.1) is 0 Å². The van der Waals surface area contributed by atoms with Crippen LogP contribution >= 0.6 is 0 Å². The second-order valence-corrected chi connectivity index (χ2v) is 3.77. The molecule has 0 bridgehead atoms. The van der Waals surface area contributed by atoms with Gasteiger partial charge in [0.2, 0.25) is 0 Å². The number of para-hydroxylation sites is 1. The van der Waals surface area contributed by atoms with Gasteiger partial charge in [-0.2, -0.15) is 0 Å². The summed E-state index contributed by atoms with van der Waals surface area (Å²) in [5.74, 6) is -1.03. The van der Waals surface area contributed by atoms with E-state index >= 15 is 0 Å². The highest BCUT2D eigenvalue weighted by Crippen LogP contribution is 2.26. The number of aromatic amines is 1. The molecule has 0 fully saturated rings. The number of rotatable bonds is 3. The first-order chi connectivity index (χ1) is 7.18. The largest absolute Gasteiger partial charge is 0.550 e. The minimum absolute atomic E-state index is 0.0221. The third-order valence-electron chi connectivity index (χ3n) is 2.63. The van der Waals surface area contributed by atoms with Crippen molar-refractivity contribution in [3.8, 4) is 0 Å². The lowest BCUT2D eigenvalue weighted by atomic mass is 9.97. The van der Waals surface area contributed by atoms with E-state index in [1.807, 2.05) is 37.4 Å². The third-order valence-corrected chi connectivity index (χ3v) is 2.63. The van der Waals surface area contributed by atoms with Crippen LogP contribution in [-0.4, -0.2) is 11.0 Å². The molecule has 1 heterocycles. The van der Waals surface area contributed by atoms with Crippen LogP contribution in [0.5, 0.6) is 0 Å². The van der Waals surface area contributed by atoms with Gasteiger partial charge in [0.1, 0.15) is 0 Å². The van der Waals surface area contributed by atoms with Gasteiger partial charge < -0.3 is 14.9 Å². The lowest BCUT2D eigenvalue weighted by molar-refractivity contribution is -0.306. The van der Waals surface area contributed by atoms with Crippen molar-refractivity contribution in [2.75, 3.05) is 0 Å². The Morgan fingerprint density at radius 2 is 2.20 bits per heavy atom. The predicted molar refractivity (Wildman–Crippen MR) is 56.3 cm³/mol. The molecule has 1 aromatic heterocycles. The minimum atomic E-state index is -1.01. The van der Waals surface area contributed by atoms with Gasteiger partial charge in [-0.25, -0.2) is 0 Å². The molecule has 0 spiro atoms. The standard InChI is InChI=1S/C12H13NO2/c1-8(6-12(14)15)10-7-13-11-5-3-2-4-9(10)11/h2-5,7-8,13H,6H2,1H3,(H,14,15)/p-1/t8-/m1/s1. The summed E-state index contributed by atoms with van der Waals surface area (Å²) >= 11 is 0. The number of aliphatic carboxylic acids is 1. The molecule has 0 saturated heterocycles. The summed E-state index contributed by atoms with van der Waals surface area (Å²) in [7, 11) is 0. The van der Waals surface area contributed by atoms with Crippen LogP contribution in [0.25, 0.3) is 10.9 Å². The molecular weight excluding hydrogens is 190 g/mol. The fraction of sp³-hybridized carbons (Fsp3) is 0.250. The number of aromatic nitrogens is 1. The molecule has 15 heavy (non-hydrogen) atoms. The zero-order valence-electron chi connectivity index (χ0n) is 8.49. The van der Waals surface area contributed by atoms with Gasteiger partial charge in [-0.15, -0.1) is 0 Å². The normalized spacial score (nSPS) is 12.9. The SMILES string of the molecule is C[C@H](CC(=O)[O-])c1c[nH]c2ccccc12. The Hall–Kier alpha value is -1.77. The van der Waals surface area contributed by atoms with Gasteiger partial charge in [-0.1, -0.05) is 25.1 Å². The van der Waals surface area contributed by atoms with Crippen molar-refractivity contribution in [1.29, 1.82) is 0 Å². The van der Waals surface area contributed by atoms with Crippen molar-refractivity contribution in [2.45, 2.75) is 19.3 Å². The van der Waals surface area contributed by atoms with Gasteiger partial charge in [0.15, 0.2) is 0 Å². The summed E-state index contributed by atoms with van der Waals surface area (Å²) in [6.45, 7) is 1.89. The van der Waals surface area contributed by atoms with Crippen LogP contribution in [0.15, 0.2) is 30.5 Å². The van der Waals surface area contributed by atoms with Gasteiger partial charge in [-0.05, 0) is 24.0 Å². The molecule has 78 valence electrons. The number of carbonyl (C=O) groups excluding carboxylic acids is 1. The molecule has 0 aliphatic carbocycles. The number of hydrogen-bond acceptors (Lipinski definition) is 2. The number of H-pyrrole nitrogens is 1. The maximum absolute atomic E-state index is 10.5. The topological polar surface area (TPSA) is 55.9 Å². The van der Waals surface area contributed by atoms with Crippen LogP contribution in [0.4, 0.5) is 0 Å². The highest BCUT2D eigenvalue weighted by atomic mass is 16.4. The summed E-state index contributed by atoms with van der Waals surface area (Å²) < 4.78 is 0. The Bertz CT molecular complexity index is 487. The zero-order chi connectivity index (χ0) is 10.8. The van der Waals surface area contributed by atoms with Gasteiger partial charge in [0, 0.05) is 23.1 Å². The Morgan fingerprint density at radius 1 is 1.47 bits per heavy atom. The monoisotopic (exact) mass is 202 g/mol. The van der Waals surface area contributed by atoms with E-state index < -0.39 is 5.97 Å². The van der Waals surface area contributed by atoms with E-state index in [1.165, 1.54) is 0 Å². The second-order valence-electron chi connectivity index (χ2n) is 3.77. The first-order valence-corrected chi connectivity index (χ1v) is 4.94. The van der Waals surface area contributed by atoms with Crippen LogP contribution in [0, 0.1) is 0 Å². The molecular formula is C12H12NO2-. The number of carboxylic acids is 1. The van der Waals surface area contributed by atoms with Gasteiger partial charge in [0.25, 0.3) is 0 Å². The minimum Gasteiger partial charge on any atom is -0.550 e. The van der Waals surface area contributed by atoms with E-state index in [9.17, 15) is 9.90 Å². The summed E-state index contributed by atoms with van der Waals surface area (Å²) in [6, 6.07) is 7.87. The zero-order valence-corrected chi connectivity index (χ0v) is 8.49. The number of carboxylic acid groups (broad SMARTS) is 1. The first-order valence-electron chi connectivity index (χ1n) is 4.94. The summed E-state index contributed by atoms with van der Waals surface area (Å²) in [4.78, 5) is 13.6. The van der Waals surface area contributed by atoms with Gasteiger partial charge >= 0.3 is 0 Å². The van der Waals surface area contributed by atoms with Crippen molar-refractivity contribution in [2.24, 2.45) is 0 Å². The second kappa shape index (κ2) is 3.77. The van der Waals surface area contributed by atoms with Crippen molar-refractivity contribution in [3.05, 3.63) is 36.0 Å². The molecule has 3 heteroatoms. The van der Waals surface area contributed by atoms with Crippen molar-refractivity contribution in [3.63, 3.8) is 0 Å². The summed E-state index contributed by atoms with van der Waals surface area (Å²) in [6.07, 6.45) is 1.93. The van der Waals surface area contributed by atoms with Crippen molar-refractivity contribution >= 4 is 16.9 Å². The first kappa shape index (κ1) is 9.77. The summed E-state index contributed by atoms with van der Waals surface area (Å²) in [5.41, 5.74) is 2.08. The number of nitrogens with one attached hydrogen (secondary N) is 1. The molecule has 0 saturated carbocycles. The average Bonchev–Trinajstić information content (AvgIpc) is 2.59. The predicted octanol–water partition coefficient (Wildman–Crippen LogP) is 1.41. The number of hydrogen-bond donors (Lipinski definition) is 1. The molecule has 0 aliphatic heterocycles. The van der Waals surface area contributed by atoms with E-state index in [0.717, 1.165) is 16.5 Å². The number of fused-ring (bicyclic) bond motifs is 1. The van der Waals surface area contributed by atoms with Crippen LogP contribution in [0.1, 0.15) is 24.8 Å². The quantitative estimate of drug-likeness (QED) is 0.818. The fourth-order valence-electron chi connectivity index (χ4n) is 1.86. The van der Waals surface area contributed by atoms with Crippen molar-refractivity contribution in [1.82, 2.24) is 4.98 Å². The highest BCUT2D eigenvalue weighted by Gasteiger charge is 2.10. The Morgan fingerprint density at radius 3 is 2.93 bits per heavy atom. The Kier molecular flexibility index (Phi) is 2.46. The third kappa shape index (κ3) is 1.86. The molecule has 0 radical (unpaired) electrons. The molecule has 1 N–H and O–H groups in total. The highest BCUT2D eigenvalue weighted by molar-refractivity contribution is 5.84. The lowest BCUT2D eigenvalue weighted by Gasteiger charge is -2.10. The smallest absolute Gasteiger partial charge is 0.0456 e. The average molecular weight is 202 g/mol. The molecule has 0 amide bonds. The van der Waals surface area contributed by atoms with E-state index in [-0.39, 0.29) is 12.3 Å². The van der Waals surface area contributed by atoms with Crippen LogP contribution in [-0.2, 0) is 4.79 Å².